The van der Waals surface area contributed by atoms with E-state index in [-0.39, 0.29) is 11.1 Å². The number of fused-ring (bicyclic) bond motifs is 1. The maximum Gasteiger partial charge on any atom is 0.286 e. The lowest BCUT2D eigenvalue weighted by Gasteiger charge is -2.14. The number of nitrogens with one attached hydrogen (secondary N) is 1. The van der Waals surface area contributed by atoms with E-state index in [1.54, 1.807) is 53.1 Å². The van der Waals surface area contributed by atoms with Crippen molar-refractivity contribution in [3.05, 3.63) is 99.0 Å². The molecule has 0 spiro atoms. The van der Waals surface area contributed by atoms with Gasteiger partial charge in [0.25, 0.3) is 5.56 Å². The summed E-state index contributed by atoms with van der Waals surface area (Å²) in [6.45, 7) is 0. The van der Waals surface area contributed by atoms with Crippen molar-refractivity contribution in [1.29, 1.82) is 0 Å². The van der Waals surface area contributed by atoms with Crippen molar-refractivity contribution >= 4 is 54.4 Å². The van der Waals surface area contributed by atoms with Crippen LogP contribution in [0.25, 0.3) is 33.9 Å². The minimum absolute atomic E-state index is 0.169. The molecule has 0 bridgehead atoms. The molecule has 0 atom stereocenters. The molecular formula is C24H17BrClN5O3S. The first kappa shape index (κ1) is 23.3. The Morgan fingerprint density at radius 1 is 0.971 bits per heavy atom. The fourth-order valence-electron chi connectivity index (χ4n) is 3.70. The number of hydrogen-bond donors (Lipinski definition) is 1. The number of rotatable bonds is 5. The van der Waals surface area contributed by atoms with E-state index in [0.29, 0.717) is 33.6 Å². The summed E-state index contributed by atoms with van der Waals surface area (Å²) in [6, 6.07) is 21.1. The number of sulfonamides is 1. The number of anilines is 1. The summed E-state index contributed by atoms with van der Waals surface area (Å²) in [4.78, 5) is 22.9. The zero-order chi connectivity index (χ0) is 24.7. The number of nitrogens with zero attached hydrogens (tertiary/aromatic N) is 4. The Morgan fingerprint density at radius 2 is 1.69 bits per heavy atom. The van der Waals surface area contributed by atoms with Gasteiger partial charge in [-0.25, -0.2) is 18.4 Å². The minimum atomic E-state index is -3.45. The Morgan fingerprint density at radius 3 is 2.37 bits per heavy atom. The van der Waals surface area contributed by atoms with Gasteiger partial charge >= 0.3 is 0 Å². The number of benzene rings is 3. The summed E-state index contributed by atoms with van der Waals surface area (Å²) in [5.74, 6) is 0.421. The van der Waals surface area contributed by atoms with Gasteiger partial charge in [0, 0.05) is 15.1 Å². The highest BCUT2D eigenvalue weighted by Gasteiger charge is 2.19. The van der Waals surface area contributed by atoms with E-state index < -0.39 is 10.0 Å². The Labute approximate surface area is 214 Å². The number of hydrogen-bond acceptors (Lipinski definition) is 5. The second-order valence-electron chi connectivity index (χ2n) is 7.77. The molecule has 0 fully saturated rings. The Balaban J connectivity index is 1.77. The van der Waals surface area contributed by atoms with Crippen LogP contribution in [0.2, 0.25) is 5.02 Å². The Hall–Kier alpha value is -3.47. The molecule has 0 saturated carbocycles. The lowest BCUT2D eigenvalue weighted by atomic mass is 10.2. The molecule has 11 heteroatoms. The molecule has 3 aromatic carbocycles. The molecule has 5 aromatic rings. The van der Waals surface area contributed by atoms with Crippen molar-refractivity contribution in [3.8, 4) is 22.8 Å². The van der Waals surface area contributed by atoms with Crippen LogP contribution in [0.3, 0.4) is 0 Å². The topological polar surface area (TPSA) is 98.9 Å². The van der Waals surface area contributed by atoms with Gasteiger partial charge in [0.2, 0.25) is 10.0 Å². The molecule has 0 amide bonds. The maximum atomic E-state index is 13.7. The van der Waals surface area contributed by atoms with Gasteiger partial charge in [-0.2, -0.15) is 0 Å². The van der Waals surface area contributed by atoms with Gasteiger partial charge in [-0.15, -0.1) is 0 Å². The molecule has 8 nitrogen and oxygen atoms in total. The lowest BCUT2D eigenvalue weighted by molar-refractivity contribution is 0.607. The van der Waals surface area contributed by atoms with Crippen LogP contribution in [0.5, 0.6) is 0 Å². The molecule has 0 saturated heterocycles. The fraction of sp³-hybridized carbons (Fsp3) is 0.0417. The molecular weight excluding hydrogens is 554 g/mol. The van der Waals surface area contributed by atoms with E-state index in [4.69, 9.17) is 16.6 Å². The minimum Gasteiger partial charge on any atom is -0.284 e. The third-order valence-corrected chi connectivity index (χ3v) is 6.57. The smallest absolute Gasteiger partial charge is 0.284 e. The summed E-state index contributed by atoms with van der Waals surface area (Å²) in [7, 11) is -3.45. The molecule has 2 aromatic heterocycles. The molecule has 0 radical (unpaired) electrons. The van der Waals surface area contributed by atoms with Crippen molar-refractivity contribution in [1.82, 2.24) is 19.1 Å². The van der Waals surface area contributed by atoms with E-state index in [1.165, 1.54) is 10.9 Å². The van der Waals surface area contributed by atoms with Gasteiger partial charge in [-0.1, -0.05) is 45.7 Å². The zero-order valence-electron chi connectivity index (χ0n) is 18.2. The molecule has 5 rings (SSSR count). The van der Waals surface area contributed by atoms with Crippen molar-refractivity contribution in [2.24, 2.45) is 0 Å². The van der Waals surface area contributed by atoms with Crippen molar-refractivity contribution in [3.63, 3.8) is 0 Å². The van der Waals surface area contributed by atoms with Crippen LogP contribution in [0.15, 0.2) is 88.4 Å². The van der Waals surface area contributed by atoms with E-state index in [9.17, 15) is 13.2 Å². The second-order valence-corrected chi connectivity index (χ2v) is 10.9. The van der Waals surface area contributed by atoms with E-state index >= 15 is 0 Å². The number of imidazole rings is 1. The Kier molecular flexibility index (Phi) is 5.96. The van der Waals surface area contributed by atoms with Crippen molar-refractivity contribution < 1.29 is 8.42 Å². The number of halogens is 2. The van der Waals surface area contributed by atoms with Crippen LogP contribution < -0.4 is 10.3 Å². The van der Waals surface area contributed by atoms with Crippen LogP contribution in [0.4, 0.5) is 5.69 Å². The molecule has 35 heavy (non-hydrogen) atoms. The molecule has 2 heterocycles. The molecule has 0 unspecified atom stereocenters. The van der Waals surface area contributed by atoms with E-state index in [1.807, 2.05) is 24.3 Å². The highest BCUT2D eigenvalue weighted by molar-refractivity contribution is 9.10. The highest BCUT2D eigenvalue weighted by atomic mass is 79.9. The van der Waals surface area contributed by atoms with Gasteiger partial charge in [-0.3, -0.25) is 18.7 Å². The normalized spacial score (nSPS) is 11.6. The van der Waals surface area contributed by atoms with Gasteiger partial charge in [0.15, 0.2) is 11.2 Å². The molecule has 176 valence electrons. The first-order chi connectivity index (χ1) is 16.7. The SMILES string of the molecule is CS(=O)(=O)Nc1cccc(-n2cnc3c(=O)n(-c4ccc(Cl)cc4)c(-c4ccc(Br)cc4)nc32)c1. The molecule has 0 aliphatic rings. The lowest BCUT2D eigenvalue weighted by Crippen LogP contribution is -2.22. The predicted octanol–water partition coefficient (Wildman–Crippen LogP) is 5.03. The standard InChI is InChI=1S/C24H17BrClN5O3S/c1-35(33,34)29-18-3-2-4-20(13-18)30-14-27-21-23(30)28-22(15-5-7-16(25)8-6-15)31(24(21)32)19-11-9-17(26)10-12-19/h2-14,29H,1H3. The largest absolute Gasteiger partial charge is 0.286 e. The summed E-state index contributed by atoms with van der Waals surface area (Å²) < 4.78 is 29.9. The fourth-order valence-corrected chi connectivity index (χ4v) is 4.64. The monoisotopic (exact) mass is 569 g/mol. The van der Waals surface area contributed by atoms with Crippen LogP contribution in [-0.4, -0.2) is 33.8 Å². The Bertz CT molecular complexity index is 1730. The number of aromatic nitrogens is 4. The predicted molar refractivity (Wildman–Crippen MR) is 141 cm³/mol. The van der Waals surface area contributed by atoms with Crippen molar-refractivity contribution in [2.45, 2.75) is 0 Å². The zero-order valence-corrected chi connectivity index (χ0v) is 21.3. The van der Waals surface area contributed by atoms with Crippen LogP contribution in [-0.2, 0) is 10.0 Å². The quantitative estimate of drug-likeness (QED) is 0.320. The average molecular weight is 571 g/mol. The van der Waals surface area contributed by atoms with Crippen molar-refractivity contribution in [2.75, 3.05) is 11.0 Å². The van der Waals surface area contributed by atoms with E-state index in [2.05, 4.69) is 25.6 Å². The third kappa shape index (κ3) is 4.72. The summed E-state index contributed by atoms with van der Waals surface area (Å²) in [5.41, 5.74) is 2.47. The van der Waals surface area contributed by atoms with Gasteiger partial charge in [-0.05, 0) is 54.6 Å². The van der Waals surface area contributed by atoms with Crippen LogP contribution in [0, 0.1) is 0 Å². The average Bonchev–Trinajstić information content (AvgIpc) is 3.24. The first-order valence-corrected chi connectivity index (χ1v) is 13.4. The van der Waals surface area contributed by atoms with Gasteiger partial charge in [0.1, 0.15) is 12.2 Å². The summed E-state index contributed by atoms with van der Waals surface area (Å²) in [5, 5.41) is 0.549. The first-order valence-electron chi connectivity index (χ1n) is 10.3. The van der Waals surface area contributed by atoms with E-state index in [0.717, 1.165) is 16.3 Å². The second kappa shape index (κ2) is 8.95. The molecule has 1 N–H and O–H groups in total. The van der Waals surface area contributed by atoms with Crippen LogP contribution >= 0.6 is 27.5 Å². The summed E-state index contributed by atoms with van der Waals surface area (Å²) in [6.07, 6.45) is 2.58. The molecule has 0 aliphatic heterocycles. The third-order valence-electron chi connectivity index (χ3n) is 5.19. The highest BCUT2D eigenvalue weighted by Crippen LogP contribution is 2.26. The summed E-state index contributed by atoms with van der Waals surface area (Å²) >= 11 is 9.51. The molecule has 0 aliphatic carbocycles. The van der Waals surface area contributed by atoms with Gasteiger partial charge < -0.3 is 0 Å². The van der Waals surface area contributed by atoms with Gasteiger partial charge in [0.05, 0.1) is 23.3 Å². The maximum absolute atomic E-state index is 13.7. The van der Waals surface area contributed by atoms with Crippen LogP contribution in [0.1, 0.15) is 0 Å².